The van der Waals surface area contributed by atoms with Crippen molar-refractivity contribution in [2.24, 2.45) is 11.8 Å². The Labute approximate surface area is 154 Å². The highest BCUT2D eigenvalue weighted by Crippen LogP contribution is 2.38. The van der Waals surface area contributed by atoms with E-state index in [9.17, 15) is 4.79 Å². The number of benzene rings is 1. The maximum absolute atomic E-state index is 13.3. The van der Waals surface area contributed by atoms with Gasteiger partial charge in [0.2, 0.25) is 0 Å². The van der Waals surface area contributed by atoms with Gasteiger partial charge in [0.05, 0.1) is 18.7 Å². The summed E-state index contributed by atoms with van der Waals surface area (Å²) in [6.07, 6.45) is 5.89. The molecule has 5 rings (SSSR count). The summed E-state index contributed by atoms with van der Waals surface area (Å²) in [5, 5.41) is 0.879. The summed E-state index contributed by atoms with van der Waals surface area (Å²) in [4.78, 5) is 20.0. The molecule has 0 N–H and O–H groups in total. The molecule has 4 nitrogen and oxygen atoms in total. The van der Waals surface area contributed by atoms with Crippen LogP contribution in [0.15, 0.2) is 43.1 Å². The Hall–Kier alpha value is -1.91. The molecule has 5 heteroatoms. The monoisotopic (exact) mass is 358 g/mol. The van der Waals surface area contributed by atoms with Gasteiger partial charge in [0.1, 0.15) is 5.75 Å². The van der Waals surface area contributed by atoms with E-state index in [2.05, 4.69) is 22.5 Å². The van der Waals surface area contributed by atoms with E-state index in [0.29, 0.717) is 11.8 Å². The lowest BCUT2D eigenvalue weighted by atomic mass is 9.74. The zero-order valence-electron chi connectivity index (χ0n) is 14.4. The second-order valence-corrected chi connectivity index (χ2v) is 6.80. The number of hydrogen-bond acceptors (Lipinski definition) is 4. The number of hydrogen-bond donors (Lipinski definition) is 0. The van der Waals surface area contributed by atoms with Crippen molar-refractivity contribution < 1.29 is 9.53 Å². The molecular formula is C20H23ClN2O2. The summed E-state index contributed by atoms with van der Waals surface area (Å²) >= 11 is 0. The molecule has 3 fully saturated rings. The molecule has 3 aliphatic rings. The molecule has 0 spiro atoms. The zero-order valence-corrected chi connectivity index (χ0v) is 15.2. The van der Waals surface area contributed by atoms with Gasteiger partial charge in [0.15, 0.2) is 5.78 Å². The number of ketones is 1. The van der Waals surface area contributed by atoms with Crippen molar-refractivity contribution in [1.82, 2.24) is 9.88 Å². The Bertz CT molecular complexity index is 807. The van der Waals surface area contributed by atoms with Gasteiger partial charge in [0.25, 0.3) is 0 Å². The van der Waals surface area contributed by atoms with E-state index in [1.54, 1.807) is 13.3 Å². The van der Waals surface area contributed by atoms with Gasteiger partial charge in [0, 0.05) is 23.7 Å². The molecule has 1 aromatic carbocycles. The number of aromatic nitrogens is 1. The van der Waals surface area contributed by atoms with Crippen molar-refractivity contribution in [2.45, 2.75) is 18.9 Å². The third kappa shape index (κ3) is 3.05. The molecule has 0 amide bonds. The molecule has 3 saturated heterocycles. The van der Waals surface area contributed by atoms with E-state index in [4.69, 9.17) is 4.74 Å². The SMILES string of the molecule is C=C[C@@H]1CN2CCC1C[C@@H]2C(=O)c1ccnc2ccc(OC)cc12.Cl. The Morgan fingerprint density at radius 1 is 1.40 bits per heavy atom. The first kappa shape index (κ1) is 17.9. The van der Waals surface area contributed by atoms with Crippen LogP contribution in [0.5, 0.6) is 5.75 Å². The van der Waals surface area contributed by atoms with Crippen molar-refractivity contribution in [1.29, 1.82) is 0 Å². The summed E-state index contributed by atoms with van der Waals surface area (Å²) in [6.45, 7) is 5.92. The van der Waals surface area contributed by atoms with E-state index in [0.717, 1.165) is 41.7 Å². The Balaban J connectivity index is 0.00000182. The number of rotatable bonds is 4. The number of pyridine rings is 1. The average Bonchev–Trinajstić information content (AvgIpc) is 2.66. The van der Waals surface area contributed by atoms with Crippen molar-refractivity contribution in [3.8, 4) is 5.75 Å². The molecule has 25 heavy (non-hydrogen) atoms. The summed E-state index contributed by atoms with van der Waals surface area (Å²) in [5.74, 6) is 2.07. The predicted molar refractivity (Wildman–Crippen MR) is 102 cm³/mol. The van der Waals surface area contributed by atoms with Gasteiger partial charge < -0.3 is 4.74 Å². The van der Waals surface area contributed by atoms with Crippen molar-refractivity contribution in [3.63, 3.8) is 0 Å². The minimum Gasteiger partial charge on any atom is -0.497 e. The van der Waals surface area contributed by atoms with E-state index < -0.39 is 0 Å². The van der Waals surface area contributed by atoms with E-state index in [1.807, 2.05) is 24.3 Å². The minimum atomic E-state index is -0.0169. The van der Waals surface area contributed by atoms with Gasteiger partial charge in [-0.25, -0.2) is 0 Å². The maximum atomic E-state index is 13.3. The van der Waals surface area contributed by atoms with Gasteiger partial charge >= 0.3 is 0 Å². The second-order valence-electron chi connectivity index (χ2n) is 6.80. The fraction of sp³-hybridized carbons (Fsp3) is 0.400. The van der Waals surface area contributed by atoms with Crippen LogP contribution in [0.4, 0.5) is 0 Å². The molecule has 2 aromatic rings. The molecule has 4 heterocycles. The first-order valence-corrected chi connectivity index (χ1v) is 8.55. The molecule has 1 aromatic heterocycles. The van der Waals surface area contributed by atoms with Crippen LogP contribution in [-0.4, -0.2) is 41.9 Å². The molecule has 0 radical (unpaired) electrons. The van der Waals surface area contributed by atoms with Gasteiger partial charge in [-0.2, -0.15) is 0 Å². The van der Waals surface area contributed by atoms with Crippen molar-refractivity contribution >= 4 is 29.1 Å². The molecule has 4 atom stereocenters. The van der Waals surface area contributed by atoms with E-state index >= 15 is 0 Å². The lowest BCUT2D eigenvalue weighted by Crippen LogP contribution is -2.55. The Morgan fingerprint density at radius 2 is 2.24 bits per heavy atom. The average molecular weight is 359 g/mol. The third-order valence-electron chi connectivity index (χ3n) is 5.62. The van der Waals surface area contributed by atoms with Gasteiger partial charge in [-0.3, -0.25) is 14.7 Å². The molecule has 3 aliphatic heterocycles. The van der Waals surface area contributed by atoms with Crippen molar-refractivity contribution in [2.75, 3.05) is 20.2 Å². The summed E-state index contributed by atoms with van der Waals surface area (Å²) in [5.41, 5.74) is 1.59. The van der Waals surface area contributed by atoms with Gasteiger partial charge in [-0.05, 0) is 55.5 Å². The van der Waals surface area contributed by atoms with Crippen LogP contribution in [-0.2, 0) is 0 Å². The molecule has 2 bridgehead atoms. The lowest BCUT2D eigenvalue weighted by molar-refractivity contribution is 0.0205. The van der Waals surface area contributed by atoms with E-state index in [-0.39, 0.29) is 24.2 Å². The zero-order chi connectivity index (χ0) is 16.7. The van der Waals surface area contributed by atoms with Crippen LogP contribution in [0, 0.1) is 11.8 Å². The minimum absolute atomic E-state index is 0. The number of ether oxygens (including phenoxy) is 1. The molecule has 0 saturated carbocycles. The number of halogens is 1. The number of fused-ring (bicyclic) bond motifs is 4. The first-order valence-electron chi connectivity index (χ1n) is 8.55. The fourth-order valence-corrected chi connectivity index (χ4v) is 4.25. The number of carbonyl (C=O) groups excluding carboxylic acids is 1. The third-order valence-corrected chi connectivity index (χ3v) is 5.62. The topological polar surface area (TPSA) is 42.4 Å². The second kappa shape index (κ2) is 7.14. The van der Waals surface area contributed by atoms with E-state index in [1.165, 1.54) is 6.42 Å². The highest BCUT2D eigenvalue weighted by molar-refractivity contribution is 6.10. The Morgan fingerprint density at radius 3 is 2.92 bits per heavy atom. The number of carbonyl (C=O) groups is 1. The van der Waals surface area contributed by atoms with Crippen LogP contribution >= 0.6 is 12.4 Å². The van der Waals surface area contributed by atoms with Crippen LogP contribution in [0.1, 0.15) is 23.2 Å². The largest absolute Gasteiger partial charge is 0.497 e. The number of piperidine rings is 3. The van der Waals surface area contributed by atoms with Crippen LogP contribution in [0.2, 0.25) is 0 Å². The Kier molecular flexibility index (Phi) is 5.11. The summed E-state index contributed by atoms with van der Waals surface area (Å²) in [6, 6.07) is 7.53. The summed E-state index contributed by atoms with van der Waals surface area (Å²) < 4.78 is 5.32. The summed E-state index contributed by atoms with van der Waals surface area (Å²) in [7, 11) is 1.64. The molecular weight excluding hydrogens is 336 g/mol. The van der Waals surface area contributed by atoms with Crippen LogP contribution < -0.4 is 4.74 Å². The molecule has 2 unspecified atom stereocenters. The maximum Gasteiger partial charge on any atom is 0.180 e. The van der Waals surface area contributed by atoms with Crippen LogP contribution in [0.25, 0.3) is 10.9 Å². The molecule has 132 valence electrons. The number of Topliss-reactive ketones (excluding diaryl/α,β-unsaturated/α-hetero) is 1. The smallest absolute Gasteiger partial charge is 0.180 e. The van der Waals surface area contributed by atoms with Crippen molar-refractivity contribution in [3.05, 3.63) is 48.7 Å². The number of methoxy groups -OCH3 is 1. The van der Waals surface area contributed by atoms with Gasteiger partial charge in [-0.15, -0.1) is 19.0 Å². The standard InChI is InChI=1S/C20H22N2O2.ClH/c1-3-13-12-22-9-7-14(13)10-19(22)20(23)16-6-8-21-18-5-4-15(24-2)11-17(16)18;/h3-6,8,11,13-14,19H,1,7,9-10,12H2,2H3;1H/t13-,14?,19-;/m1./s1. The predicted octanol–water partition coefficient (Wildman–Crippen LogP) is 3.74. The normalized spacial score (nSPS) is 27.6. The highest BCUT2D eigenvalue weighted by atomic mass is 35.5. The number of nitrogens with zero attached hydrogens (tertiary/aromatic N) is 2. The molecule has 0 aliphatic carbocycles. The highest BCUT2D eigenvalue weighted by Gasteiger charge is 2.42. The quantitative estimate of drug-likeness (QED) is 0.616. The fourth-order valence-electron chi connectivity index (χ4n) is 4.25. The first-order chi connectivity index (χ1) is 11.7. The van der Waals surface area contributed by atoms with Gasteiger partial charge in [-0.1, -0.05) is 6.08 Å². The lowest BCUT2D eigenvalue weighted by Gasteiger charge is -2.48. The van der Waals surface area contributed by atoms with Crippen LogP contribution in [0.3, 0.4) is 0 Å².